The number of hydrogen-bond acceptors (Lipinski definition) is 7. The van der Waals surface area contributed by atoms with Crippen molar-refractivity contribution in [3.63, 3.8) is 0 Å². The van der Waals surface area contributed by atoms with E-state index < -0.39 is 4.92 Å². The van der Waals surface area contributed by atoms with Crippen LogP contribution < -0.4 is 10.5 Å². The molecule has 1 aromatic heterocycles. The van der Waals surface area contributed by atoms with E-state index in [2.05, 4.69) is 10.1 Å². The lowest BCUT2D eigenvalue weighted by Gasteiger charge is -2.05. The van der Waals surface area contributed by atoms with E-state index in [4.69, 9.17) is 15.0 Å². The van der Waals surface area contributed by atoms with Gasteiger partial charge in [0.15, 0.2) is 5.82 Å². The molecule has 1 aliphatic carbocycles. The molecular formula is C13H14N4O4. The molecule has 0 spiro atoms. The SMILES string of the molecule is COc1c(-c2nc(C(N)C3CC3)no2)cccc1[N+](=O)[O-]. The predicted molar refractivity (Wildman–Crippen MR) is 72.6 cm³/mol. The van der Waals surface area contributed by atoms with Crippen LogP contribution in [0.1, 0.15) is 24.7 Å². The van der Waals surface area contributed by atoms with Crippen molar-refractivity contribution in [1.29, 1.82) is 0 Å². The summed E-state index contributed by atoms with van der Waals surface area (Å²) in [6.07, 6.45) is 2.12. The van der Waals surface area contributed by atoms with E-state index in [0.717, 1.165) is 12.8 Å². The summed E-state index contributed by atoms with van der Waals surface area (Å²) in [7, 11) is 1.36. The Morgan fingerprint density at radius 1 is 1.52 bits per heavy atom. The highest BCUT2D eigenvalue weighted by Crippen LogP contribution is 2.40. The Balaban J connectivity index is 2.00. The summed E-state index contributed by atoms with van der Waals surface area (Å²) in [6, 6.07) is 4.27. The number of hydrogen-bond donors (Lipinski definition) is 1. The van der Waals surface area contributed by atoms with Crippen LogP contribution in [0.4, 0.5) is 5.69 Å². The molecular weight excluding hydrogens is 276 g/mol. The second kappa shape index (κ2) is 5.13. The molecule has 0 aliphatic heterocycles. The molecule has 1 aliphatic rings. The van der Waals surface area contributed by atoms with Crippen LogP contribution in [-0.4, -0.2) is 22.2 Å². The monoisotopic (exact) mass is 290 g/mol. The second-order valence-electron chi connectivity index (χ2n) is 4.94. The third-order valence-electron chi connectivity index (χ3n) is 3.50. The molecule has 110 valence electrons. The van der Waals surface area contributed by atoms with Crippen molar-refractivity contribution >= 4 is 5.69 Å². The molecule has 1 unspecified atom stereocenters. The van der Waals surface area contributed by atoms with Gasteiger partial charge in [-0.2, -0.15) is 4.98 Å². The van der Waals surface area contributed by atoms with Gasteiger partial charge in [0.2, 0.25) is 5.75 Å². The smallest absolute Gasteiger partial charge is 0.311 e. The summed E-state index contributed by atoms with van der Waals surface area (Å²) in [6.45, 7) is 0. The lowest BCUT2D eigenvalue weighted by molar-refractivity contribution is -0.385. The summed E-state index contributed by atoms with van der Waals surface area (Å²) in [5.41, 5.74) is 6.25. The van der Waals surface area contributed by atoms with Crippen molar-refractivity contribution in [1.82, 2.24) is 10.1 Å². The van der Waals surface area contributed by atoms with E-state index in [9.17, 15) is 10.1 Å². The van der Waals surface area contributed by atoms with Gasteiger partial charge >= 0.3 is 5.69 Å². The first-order chi connectivity index (χ1) is 10.1. The zero-order chi connectivity index (χ0) is 15.0. The highest BCUT2D eigenvalue weighted by Gasteiger charge is 2.33. The van der Waals surface area contributed by atoms with Crippen LogP contribution in [0.5, 0.6) is 5.75 Å². The first-order valence-corrected chi connectivity index (χ1v) is 6.52. The zero-order valence-electron chi connectivity index (χ0n) is 11.4. The molecule has 1 atom stereocenters. The highest BCUT2D eigenvalue weighted by molar-refractivity contribution is 5.69. The number of ether oxygens (including phenoxy) is 1. The molecule has 0 bridgehead atoms. The molecule has 2 aromatic rings. The maximum absolute atomic E-state index is 11.0. The third kappa shape index (κ3) is 2.45. The van der Waals surface area contributed by atoms with Crippen LogP contribution >= 0.6 is 0 Å². The van der Waals surface area contributed by atoms with E-state index in [0.29, 0.717) is 17.3 Å². The van der Waals surface area contributed by atoms with Crippen LogP contribution in [0.25, 0.3) is 11.5 Å². The first kappa shape index (κ1) is 13.5. The van der Waals surface area contributed by atoms with Crippen molar-refractivity contribution in [2.75, 3.05) is 7.11 Å². The minimum atomic E-state index is -0.518. The summed E-state index contributed by atoms with van der Waals surface area (Å²) in [5.74, 6) is 1.07. The summed E-state index contributed by atoms with van der Waals surface area (Å²) in [4.78, 5) is 14.7. The molecule has 2 N–H and O–H groups in total. The number of aromatic nitrogens is 2. The van der Waals surface area contributed by atoms with Gasteiger partial charge in [-0.3, -0.25) is 10.1 Å². The minimum absolute atomic E-state index is 0.0951. The third-order valence-corrected chi connectivity index (χ3v) is 3.50. The maximum Gasteiger partial charge on any atom is 0.311 e. The Morgan fingerprint density at radius 2 is 2.29 bits per heavy atom. The van der Waals surface area contributed by atoms with Gasteiger partial charge in [-0.05, 0) is 24.8 Å². The van der Waals surface area contributed by atoms with Crippen LogP contribution in [0, 0.1) is 16.0 Å². The Morgan fingerprint density at radius 3 is 2.90 bits per heavy atom. The van der Waals surface area contributed by atoms with E-state index >= 15 is 0 Å². The average molecular weight is 290 g/mol. The number of nitrogens with zero attached hydrogens (tertiary/aromatic N) is 3. The van der Waals surface area contributed by atoms with Crippen LogP contribution in [0.2, 0.25) is 0 Å². The molecule has 0 saturated heterocycles. The molecule has 0 radical (unpaired) electrons. The van der Waals surface area contributed by atoms with Crippen LogP contribution in [-0.2, 0) is 0 Å². The molecule has 3 rings (SSSR count). The fraction of sp³-hybridized carbons (Fsp3) is 0.385. The number of para-hydroxylation sites is 1. The lowest BCUT2D eigenvalue weighted by atomic mass is 10.1. The summed E-state index contributed by atoms with van der Waals surface area (Å²) < 4.78 is 10.3. The average Bonchev–Trinajstić information content (AvgIpc) is 3.22. The number of rotatable bonds is 5. The van der Waals surface area contributed by atoms with E-state index in [1.807, 2.05) is 0 Å². The Kier molecular flexibility index (Phi) is 3.30. The number of nitrogens with two attached hydrogens (primary N) is 1. The molecule has 8 heteroatoms. The van der Waals surface area contributed by atoms with E-state index in [1.165, 1.54) is 13.2 Å². The van der Waals surface area contributed by atoms with Gasteiger partial charge in [-0.25, -0.2) is 0 Å². The van der Waals surface area contributed by atoms with Crippen molar-refractivity contribution in [3.8, 4) is 17.2 Å². The van der Waals surface area contributed by atoms with Crippen LogP contribution in [0.15, 0.2) is 22.7 Å². The molecule has 1 aromatic carbocycles. The van der Waals surface area contributed by atoms with Gasteiger partial charge in [0.25, 0.3) is 5.89 Å². The van der Waals surface area contributed by atoms with Gasteiger partial charge in [0.05, 0.1) is 23.6 Å². The van der Waals surface area contributed by atoms with Crippen molar-refractivity contribution in [3.05, 3.63) is 34.1 Å². The number of benzene rings is 1. The number of nitro groups is 1. The van der Waals surface area contributed by atoms with Gasteiger partial charge in [-0.1, -0.05) is 11.2 Å². The summed E-state index contributed by atoms with van der Waals surface area (Å²) >= 11 is 0. The van der Waals surface area contributed by atoms with Crippen molar-refractivity contribution in [2.45, 2.75) is 18.9 Å². The molecule has 0 amide bonds. The predicted octanol–water partition coefficient (Wildman–Crippen LogP) is 2.06. The fourth-order valence-corrected chi connectivity index (χ4v) is 2.20. The van der Waals surface area contributed by atoms with Crippen molar-refractivity contribution in [2.24, 2.45) is 11.7 Å². The summed E-state index contributed by atoms with van der Waals surface area (Å²) in [5, 5.41) is 14.9. The Labute approximate surface area is 120 Å². The highest BCUT2D eigenvalue weighted by atomic mass is 16.6. The quantitative estimate of drug-likeness (QED) is 0.661. The van der Waals surface area contributed by atoms with E-state index in [1.54, 1.807) is 12.1 Å². The molecule has 1 heterocycles. The maximum atomic E-state index is 11.0. The van der Waals surface area contributed by atoms with Gasteiger partial charge < -0.3 is 15.0 Å². The molecule has 1 fully saturated rings. The topological polar surface area (TPSA) is 117 Å². The van der Waals surface area contributed by atoms with Crippen molar-refractivity contribution < 1.29 is 14.2 Å². The largest absolute Gasteiger partial charge is 0.490 e. The number of nitro benzene ring substituents is 1. The van der Waals surface area contributed by atoms with Gasteiger partial charge in [0, 0.05) is 6.07 Å². The molecule has 1 saturated carbocycles. The Hall–Kier alpha value is -2.48. The fourth-order valence-electron chi connectivity index (χ4n) is 2.20. The standard InChI is InChI=1S/C13H14N4O4/c1-20-11-8(3-2-4-9(11)17(18)19)13-15-12(16-21-13)10(14)7-5-6-7/h2-4,7,10H,5-6,14H2,1H3. The minimum Gasteiger partial charge on any atom is -0.490 e. The second-order valence-corrected chi connectivity index (χ2v) is 4.94. The lowest BCUT2D eigenvalue weighted by Crippen LogP contribution is -2.13. The van der Waals surface area contributed by atoms with Gasteiger partial charge in [-0.15, -0.1) is 0 Å². The normalized spacial score (nSPS) is 15.7. The number of methoxy groups -OCH3 is 1. The molecule has 21 heavy (non-hydrogen) atoms. The Bertz CT molecular complexity index is 681. The van der Waals surface area contributed by atoms with E-state index in [-0.39, 0.29) is 23.4 Å². The first-order valence-electron chi connectivity index (χ1n) is 6.52. The van der Waals surface area contributed by atoms with Gasteiger partial charge in [0.1, 0.15) is 0 Å². The van der Waals surface area contributed by atoms with Crippen LogP contribution in [0.3, 0.4) is 0 Å². The molecule has 8 nitrogen and oxygen atoms in total. The zero-order valence-corrected chi connectivity index (χ0v) is 11.4.